The lowest BCUT2D eigenvalue weighted by Crippen LogP contribution is -2.31. The molecule has 10 rings (SSSR count). The third-order valence-electron chi connectivity index (χ3n) is 12.0. The van der Waals surface area contributed by atoms with E-state index in [-0.39, 0.29) is 5.41 Å². The number of para-hydroxylation sites is 4. The van der Waals surface area contributed by atoms with Crippen molar-refractivity contribution in [3.05, 3.63) is 199 Å². The zero-order valence-corrected chi connectivity index (χ0v) is 39.9. The molecule has 0 N–H and O–H groups in total. The molecule has 0 bridgehead atoms. The first-order valence-electron chi connectivity index (χ1n) is 25.2. The van der Waals surface area contributed by atoms with Crippen molar-refractivity contribution in [2.75, 3.05) is 0 Å². The van der Waals surface area contributed by atoms with Gasteiger partial charge in [0.25, 0.3) is 6.33 Å². The highest BCUT2D eigenvalue weighted by Crippen LogP contribution is 2.39. The number of rotatable bonds is 9. The average Bonchev–Trinajstić information content (AvgIpc) is 3.89. The molecule has 0 aliphatic heterocycles. The molecule has 334 valence electrons. The van der Waals surface area contributed by atoms with E-state index in [9.17, 15) is 5.48 Å². The summed E-state index contributed by atoms with van der Waals surface area (Å²) in [6.07, 6.45) is 2.44. The molecule has 0 saturated heterocycles. The van der Waals surface area contributed by atoms with Crippen molar-refractivity contribution in [1.82, 2.24) is 14.1 Å². The van der Waals surface area contributed by atoms with Gasteiger partial charge in [0.05, 0.1) is 33.4 Å². The summed E-state index contributed by atoms with van der Waals surface area (Å²) < 4.78 is 50.1. The number of pyridine rings is 1. The molecular formula is C62H60N4O. The van der Waals surface area contributed by atoms with E-state index >= 15 is 0 Å². The van der Waals surface area contributed by atoms with Crippen molar-refractivity contribution in [1.29, 1.82) is 0 Å². The summed E-state index contributed by atoms with van der Waals surface area (Å²) in [5.74, 6) is 2.20. The number of nitrogens with zero attached hydrogens (tertiary/aromatic N) is 4. The fourth-order valence-electron chi connectivity index (χ4n) is 9.15. The molecule has 10 aromatic rings. The number of fused-ring (bicyclic) bond motifs is 4. The number of benzene rings is 7. The normalized spacial score (nSPS) is 13.7. The predicted octanol–water partition coefficient (Wildman–Crippen LogP) is 15.8. The summed E-state index contributed by atoms with van der Waals surface area (Å²) in [7, 11) is 0. The third-order valence-corrected chi connectivity index (χ3v) is 12.0. The van der Waals surface area contributed by atoms with Gasteiger partial charge in [-0.15, -0.1) is 0 Å². The zero-order chi connectivity index (χ0) is 50.3. The van der Waals surface area contributed by atoms with Gasteiger partial charge in [0, 0.05) is 28.5 Å². The van der Waals surface area contributed by atoms with E-state index < -0.39 is 23.6 Å². The first-order valence-corrected chi connectivity index (χ1v) is 23.2. The number of hydrogen-bond donors (Lipinski definition) is 0. The van der Waals surface area contributed by atoms with Crippen molar-refractivity contribution >= 4 is 32.8 Å². The summed E-state index contributed by atoms with van der Waals surface area (Å²) in [6.45, 7) is 18.2. The summed E-state index contributed by atoms with van der Waals surface area (Å²) in [5, 5.41) is 2.26. The van der Waals surface area contributed by atoms with Crippen LogP contribution in [-0.2, 0) is 18.2 Å². The van der Waals surface area contributed by atoms with E-state index in [4.69, 9.17) is 9.72 Å². The van der Waals surface area contributed by atoms with E-state index in [0.717, 1.165) is 72.3 Å². The zero-order valence-electron chi connectivity index (χ0n) is 43.9. The van der Waals surface area contributed by atoms with E-state index in [1.807, 2.05) is 139 Å². The molecule has 5 nitrogen and oxygen atoms in total. The molecule has 0 aliphatic rings. The maximum Gasteiger partial charge on any atom is 0.269 e. The molecule has 5 heteroatoms. The van der Waals surface area contributed by atoms with Gasteiger partial charge >= 0.3 is 0 Å². The van der Waals surface area contributed by atoms with E-state index in [2.05, 4.69) is 120 Å². The van der Waals surface area contributed by atoms with Crippen molar-refractivity contribution in [3.63, 3.8) is 0 Å². The van der Waals surface area contributed by atoms with Crippen LogP contribution in [0.15, 0.2) is 176 Å². The minimum atomic E-state index is -1.62. The molecule has 3 heterocycles. The molecule has 0 atom stereocenters. The Labute approximate surface area is 401 Å². The fourth-order valence-corrected chi connectivity index (χ4v) is 9.15. The van der Waals surface area contributed by atoms with Gasteiger partial charge in [-0.05, 0) is 116 Å². The number of aromatic nitrogens is 4. The Kier molecular flexibility index (Phi) is 9.82. The van der Waals surface area contributed by atoms with Crippen LogP contribution in [0.1, 0.15) is 84.5 Å². The largest absolute Gasteiger partial charge is 0.458 e. The van der Waals surface area contributed by atoms with Crippen LogP contribution in [0.5, 0.6) is 11.5 Å². The topological polar surface area (TPSA) is 35.9 Å². The highest BCUT2D eigenvalue weighted by molar-refractivity contribution is 6.09. The van der Waals surface area contributed by atoms with Crippen LogP contribution in [0.3, 0.4) is 0 Å². The molecule has 67 heavy (non-hydrogen) atoms. The van der Waals surface area contributed by atoms with E-state index in [1.165, 1.54) is 5.56 Å². The Hall–Kier alpha value is -7.24. The molecule has 3 aromatic heterocycles. The van der Waals surface area contributed by atoms with Crippen LogP contribution < -0.4 is 9.30 Å². The molecule has 0 unspecified atom stereocenters. The minimum absolute atomic E-state index is 0.0448. The second kappa shape index (κ2) is 16.9. The van der Waals surface area contributed by atoms with Gasteiger partial charge < -0.3 is 4.74 Å². The monoisotopic (exact) mass is 881 g/mol. The van der Waals surface area contributed by atoms with Gasteiger partial charge in [-0.2, -0.15) is 0 Å². The summed E-state index contributed by atoms with van der Waals surface area (Å²) >= 11 is 0. The van der Waals surface area contributed by atoms with Crippen LogP contribution in [0, 0.1) is 17.2 Å². The molecule has 0 aliphatic carbocycles. The van der Waals surface area contributed by atoms with Crippen molar-refractivity contribution < 1.29 is 14.8 Å². The van der Waals surface area contributed by atoms with Crippen molar-refractivity contribution in [2.45, 2.75) is 80.5 Å². The second-order valence-electron chi connectivity index (χ2n) is 20.7. The Morgan fingerprint density at radius 1 is 0.552 bits per heavy atom. The highest BCUT2D eigenvalue weighted by Gasteiger charge is 2.23. The molecule has 7 aromatic carbocycles. The Morgan fingerprint density at radius 2 is 1.15 bits per heavy atom. The van der Waals surface area contributed by atoms with E-state index in [0.29, 0.717) is 22.6 Å². The maximum atomic E-state index is 9.23. The number of hydrogen-bond acceptors (Lipinski definition) is 2. The molecule has 0 fully saturated rings. The summed E-state index contributed by atoms with van der Waals surface area (Å²) in [6, 6.07) is 57.1. The Morgan fingerprint density at radius 3 is 1.82 bits per heavy atom. The van der Waals surface area contributed by atoms with Crippen LogP contribution in [0.25, 0.3) is 72.3 Å². The summed E-state index contributed by atoms with van der Waals surface area (Å²) in [4.78, 5) is 4.88. The third kappa shape index (κ3) is 8.91. The first kappa shape index (κ1) is 39.0. The highest BCUT2D eigenvalue weighted by atomic mass is 16.5. The smallest absolute Gasteiger partial charge is 0.269 e. The quantitative estimate of drug-likeness (QED) is 0.107. The van der Waals surface area contributed by atoms with Gasteiger partial charge in [0.1, 0.15) is 17.3 Å². The fraction of sp³-hybridized carbons (Fsp3) is 0.226. The van der Waals surface area contributed by atoms with Gasteiger partial charge in [-0.1, -0.05) is 178 Å². The molecule has 0 saturated carbocycles. The van der Waals surface area contributed by atoms with Gasteiger partial charge in [-0.3, -0.25) is 13.7 Å². The maximum absolute atomic E-state index is 9.23. The van der Waals surface area contributed by atoms with Crippen LogP contribution in [-0.4, -0.2) is 14.1 Å². The van der Waals surface area contributed by atoms with Gasteiger partial charge in [0.15, 0.2) is 0 Å². The molecule has 0 spiro atoms. The number of imidazole rings is 1. The average molecular weight is 881 g/mol. The Balaban J connectivity index is 1.12. The van der Waals surface area contributed by atoms with Crippen LogP contribution in [0.4, 0.5) is 0 Å². The standard InChI is InChI=1S/C62H60N4O/c1-60(2,3)39-42-18-14-20-44(34-42)50-25-17-26-51(45-21-15-19-43(35-45)40-61(4,5)6)59(50)65-41-64(55-28-12-13-29-56(55)65)47-22-16-23-48(37-47)67-49-30-31-53-52-24-10-11-27-54(52)66(57(53)38-49)58-36-46(32-33-63-58)62(7,8)9/h10-38H,39-40H2,1-9H3/i39D2,40D2. The minimum Gasteiger partial charge on any atom is -0.458 e. The number of ether oxygens (including phenoxy) is 1. The van der Waals surface area contributed by atoms with Crippen LogP contribution >= 0.6 is 0 Å². The SMILES string of the molecule is [2H]C([2H])(c1cccc(-c2cccc(-c3cccc(C([2H])([2H])C(C)(C)C)c3)c2-[n+]2[c-]n(-c3cccc(Oc4ccc5c6ccccc6n(-c6cc(C(C)(C)C)ccn6)c5c4)c3)c3ccccc32)c1)C(C)(C)C. The molecular weight excluding hydrogens is 817 g/mol. The van der Waals surface area contributed by atoms with Crippen molar-refractivity contribution in [2.24, 2.45) is 10.8 Å². The van der Waals surface area contributed by atoms with Gasteiger partial charge in [0.2, 0.25) is 0 Å². The van der Waals surface area contributed by atoms with Gasteiger partial charge in [-0.25, -0.2) is 4.98 Å². The lowest BCUT2D eigenvalue weighted by molar-refractivity contribution is -0.571. The Bertz CT molecular complexity index is 3570. The van der Waals surface area contributed by atoms with E-state index in [1.54, 1.807) is 0 Å². The molecule has 0 radical (unpaired) electrons. The summed E-state index contributed by atoms with van der Waals surface area (Å²) in [5.41, 5.74) is 10.1. The lowest BCUT2D eigenvalue weighted by atomic mass is 9.86. The second-order valence-corrected chi connectivity index (χ2v) is 20.7. The lowest BCUT2D eigenvalue weighted by Gasteiger charge is -2.21. The van der Waals surface area contributed by atoms with Crippen LogP contribution in [0.2, 0.25) is 0 Å². The molecule has 0 amide bonds. The predicted molar refractivity (Wildman–Crippen MR) is 278 cm³/mol. The first-order chi connectivity index (χ1) is 33.6. The van der Waals surface area contributed by atoms with Crippen molar-refractivity contribution in [3.8, 4) is 50.9 Å².